The van der Waals surface area contributed by atoms with Crippen LogP contribution in [-0.2, 0) is 4.79 Å². The minimum absolute atomic E-state index is 0.121. The minimum Gasteiger partial charge on any atom is -0.484 e. The molecule has 0 unspecified atom stereocenters. The van der Waals surface area contributed by atoms with Gasteiger partial charge in [0.15, 0.2) is 6.61 Å². The maximum atomic E-state index is 12.0. The second kappa shape index (κ2) is 7.57. The van der Waals surface area contributed by atoms with Crippen LogP contribution in [0.1, 0.15) is 0 Å². The van der Waals surface area contributed by atoms with Crippen LogP contribution in [0.4, 0.5) is 5.95 Å². The average molecular weight is 340 g/mol. The molecule has 0 aliphatic rings. The first-order valence-electron chi connectivity index (χ1n) is 7.28. The molecular weight excluding hydrogens is 326 g/mol. The van der Waals surface area contributed by atoms with Crippen molar-refractivity contribution >= 4 is 23.5 Å². The summed E-state index contributed by atoms with van der Waals surface area (Å²) >= 11 is 6.17. The molecular formula is C18H14ClN3O2. The molecule has 0 saturated heterocycles. The first-order valence-corrected chi connectivity index (χ1v) is 7.66. The number of carbonyl (C=O) groups is 1. The zero-order valence-electron chi connectivity index (χ0n) is 12.6. The summed E-state index contributed by atoms with van der Waals surface area (Å²) in [5, 5.41) is 3.20. The number of anilines is 1. The van der Waals surface area contributed by atoms with E-state index in [4.69, 9.17) is 16.3 Å². The van der Waals surface area contributed by atoms with Crippen LogP contribution in [0.3, 0.4) is 0 Å². The Morgan fingerprint density at radius 3 is 2.58 bits per heavy atom. The number of aromatic nitrogens is 2. The molecule has 24 heavy (non-hydrogen) atoms. The van der Waals surface area contributed by atoms with Gasteiger partial charge in [0.2, 0.25) is 5.95 Å². The fraction of sp³-hybridized carbons (Fsp3) is 0.0556. The normalized spacial score (nSPS) is 10.2. The summed E-state index contributed by atoms with van der Waals surface area (Å²) in [5.74, 6) is 0.489. The number of carbonyl (C=O) groups excluding carboxylic acids is 1. The van der Waals surface area contributed by atoms with E-state index in [-0.39, 0.29) is 18.5 Å². The van der Waals surface area contributed by atoms with Gasteiger partial charge in [-0.15, -0.1) is 0 Å². The van der Waals surface area contributed by atoms with E-state index >= 15 is 0 Å². The van der Waals surface area contributed by atoms with Gasteiger partial charge < -0.3 is 4.74 Å². The molecule has 0 fully saturated rings. The molecule has 3 rings (SSSR count). The van der Waals surface area contributed by atoms with Gasteiger partial charge in [-0.05, 0) is 24.3 Å². The lowest BCUT2D eigenvalue weighted by Crippen LogP contribution is -2.21. The predicted octanol–water partition coefficient (Wildman–Crippen LogP) is 3.81. The van der Waals surface area contributed by atoms with E-state index in [1.54, 1.807) is 30.5 Å². The Bertz CT molecular complexity index is 840. The number of benzene rings is 2. The highest BCUT2D eigenvalue weighted by molar-refractivity contribution is 6.33. The zero-order valence-corrected chi connectivity index (χ0v) is 13.4. The van der Waals surface area contributed by atoms with Crippen LogP contribution < -0.4 is 10.1 Å². The molecule has 1 N–H and O–H groups in total. The monoisotopic (exact) mass is 339 g/mol. The molecule has 1 amide bonds. The SMILES string of the molecule is O=C(COc1ccccc1)Nc1nccc(-c2ccccc2Cl)n1. The van der Waals surface area contributed by atoms with Crippen molar-refractivity contribution in [1.82, 2.24) is 9.97 Å². The first-order chi connectivity index (χ1) is 11.7. The molecule has 0 radical (unpaired) electrons. The largest absolute Gasteiger partial charge is 0.484 e. The molecule has 6 heteroatoms. The van der Waals surface area contributed by atoms with Crippen LogP contribution in [0, 0.1) is 0 Å². The Hall–Kier alpha value is -2.92. The lowest BCUT2D eigenvalue weighted by Gasteiger charge is -2.08. The maximum Gasteiger partial charge on any atom is 0.264 e. The number of halogens is 1. The molecule has 5 nitrogen and oxygen atoms in total. The summed E-state index contributed by atoms with van der Waals surface area (Å²) in [6, 6.07) is 18.2. The Kier molecular flexibility index (Phi) is 5.03. The number of ether oxygens (including phenoxy) is 1. The fourth-order valence-electron chi connectivity index (χ4n) is 2.06. The summed E-state index contributed by atoms with van der Waals surface area (Å²) in [6.45, 7) is -0.121. The van der Waals surface area contributed by atoms with E-state index in [1.165, 1.54) is 0 Å². The molecule has 0 bridgehead atoms. The highest BCUT2D eigenvalue weighted by Gasteiger charge is 2.09. The number of para-hydroxylation sites is 1. The second-order valence-electron chi connectivity index (χ2n) is 4.90. The quantitative estimate of drug-likeness (QED) is 0.767. The Morgan fingerprint density at radius 2 is 1.79 bits per heavy atom. The van der Waals surface area contributed by atoms with Crippen LogP contribution in [0.15, 0.2) is 66.9 Å². The van der Waals surface area contributed by atoms with Crippen molar-refractivity contribution in [2.45, 2.75) is 0 Å². The number of hydrogen-bond acceptors (Lipinski definition) is 4. The number of amides is 1. The van der Waals surface area contributed by atoms with Gasteiger partial charge in [-0.1, -0.05) is 48.0 Å². The van der Waals surface area contributed by atoms with Gasteiger partial charge in [-0.2, -0.15) is 0 Å². The van der Waals surface area contributed by atoms with E-state index in [2.05, 4.69) is 15.3 Å². The van der Waals surface area contributed by atoms with Gasteiger partial charge in [-0.25, -0.2) is 9.97 Å². The van der Waals surface area contributed by atoms with Crippen molar-refractivity contribution in [2.24, 2.45) is 0 Å². The number of hydrogen-bond donors (Lipinski definition) is 1. The van der Waals surface area contributed by atoms with Crippen molar-refractivity contribution < 1.29 is 9.53 Å². The van der Waals surface area contributed by atoms with E-state index in [0.717, 1.165) is 5.56 Å². The first kappa shape index (κ1) is 16.0. The van der Waals surface area contributed by atoms with Crippen molar-refractivity contribution in [2.75, 3.05) is 11.9 Å². The Balaban J connectivity index is 1.66. The summed E-state index contributed by atoms with van der Waals surface area (Å²) in [7, 11) is 0. The highest BCUT2D eigenvalue weighted by Crippen LogP contribution is 2.26. The zero-order chi connectivity index (χ0) is 16.8. The van der Waals surface area contributed by atoms with Crippen LogP contribution >= 0.6 is 11.6 Å². The molecule has 0 atom stereocenters. The van der Waals surface area contributed by atoms with Gasteiger partial charge in [0.25, 0.3) is 5.91 Å². The third kappa shape index (κ3) is 4.08. The molecule has 1 heterocycles. The highest BCUT2D eigenvalue weighted by atomic mass is 35.5. The maximum absolute atomic E-state index is 12.0. The molecule has 120 valence electrons. The van der Waals surface area contributed by atoms with Crippen molar-refractivity contribution in [3.05, 3.63) is 71.9 Å². The summed E-state index contributed by atoms with van der Waals surface area (Å²) in [5.41, 5.74) is 1.41. The van der Waals surface area contributed by atoms with Crippen molar-refractivity contribution in [3.63, 3.8) is 0 Å². The summed E-state index contributed by atoms with van der Waals surface area (Å²) < 4.78 is 5.39. The van der Waals surface area contributed by atoms with Crippen LogP contribution in [0.5, 0.6) is 5.75 Å². The minimum atomic E-state index is -0.338. The average Bonchev–Trinajstić information content (AvgIpc) is 2.61. The van der Waals surface area contributed by atoms with E-state index in [1.807, 2.05) is 36.4 Å². The molecule has 0 saturated carbocycles. The van der Waals surface area contributed by atoms with E-state index in [0.29, 0.717) is 16.5 Å². The molecule has 0 spiro atoms. The smallest absolute Gasteiger partial charge is 0.264 e. The number of nitrogens with one attached hydrogen (secondary N) is 1. The van der Waals surface area contributed by atoms with Crippen LogP contribution in [0.2, 0.25) is 5.02 Å². The van der Waals surface area contributed by atoms with E-state index in [9.17, 15) is 4.79 Å². The van der Waals surface area contributed by atoms with Gasteiger partial charge >= 0.3 is 0 Å². The molecule has 3 aromatic rings. The standard InChI is InChI=1S/C18H14ClN3O2/c19-15-9-5-4-8-14(15)16-10-11-20-18(21-16)22-17(23)12-24-13-6-2-1-3-7-13/h1-11H,12H2,(H,20,21,22,23). The van der Waals surface area contributed by atoms with Gasteiger partial charge in [0.05, 0.1) is 5.69 Å². The third-order valence-corrected chi connectivity index (χ3v) is 3.50. The van der Waals surface area contributed by atoms with Crippen molar-refractivity contribution in [1.29, 1.82) is 0 Å². The van der Waals surface area contributed by atoms with Crippen molar-refractivity contribution in [3.8, 4) is 17.0 Å². The number of nitrogens with zero attached hydrogens (tertiary/aromatic N) is 2. The van der Waals surface area contributed by atoms with Gasteiger partial charge in [0, 0.05) is 16.8 Å². The number of rotatable bonds is 5. The third-order valence-electron chi connectivity index (χ3n) is 3.17. The molecule has 0 aliphatic carbocycles. The van der Waals surface area contributed by atoms with Crippen LogP contribution in [-0.4, -0.2) is 22.5 Å². The lowest BCUT2D eigenvalue weighted by molar-refractivity contribution is -0.118. The Morgan fingerprint density at radius 1 is 1.04 bits per heavy atom. The second-order valence-corrected chi connectivity index (χ2v) is 5.30. The summed E-state index contributed by atoms with van der Waals surface area (Å²) in [6.07, 6.45) is 1.57. The Labute approximate surface area is 144 Å². The molecule has 2 aromatic carbocycles. The lowest BCUT2D eigenvalue weighted by atomic mass is 10.1. The summed E-state index contributed by atoms with van der Waals surface area (Å²) in [4.78, 5) is 20.3. The predicted molar refractivity (Wildman–Crippen MR) is 93.0 cm³/mol. The van der Waals surface area contributed by atoms with E-state index < -0.39 is 0 Å². The van der Waals surface area contributed by atoms with Gasteiger partial charge in [0.1, 0.15) is 5.75 Å². The topological polar surface area (TPSA) is 64.1 Å². The van der Waals surface area contributed by atoms with Gasteiger partial charge in [-0.3, -0.25) is 10.1 Å². The van der Waals surface area contributed by atoms with Crippen LogP contribution in [0.25, 0.3) is 11.3 Å². The molecule has 0 aliphatic heterocycles. The molecule has 1 aromatic heterocycles. The fourth-order valence-corrected chi connectivity index (χ4v) is 2.30.